The Morgan fingerprint density at radius 3 is 2.83 bits per heavy atom. The molecule has 18 heavy (non-hydrogen) atoms. The number of ether oxygens (including phenoxy) is 1. The number of carbonyl (C=O) groups excluding carboxylic acids is 1. The molecular weight excluding hydrogens is 252 g/mol. The molecule has 1 heterocycles. The predicted octanol–water partition coefficient (Wildman–Crippen LogP) is 1.07. The van der Waals surface area contributed by atoms with E-state index in [1.807, 2.05) is 17.0 Å². The summed E-state index contributed by atoms with van der Waals surface area (Å²) in [6, 6.07) is 7.35. The zero-order chi connectivity index (χ0) is 13.0. The van der Waals surface area contributed by atoms with Crippen LogP contribution in [0.2, 0.25) is 5.02 Å². The number of benzene rings is 1. The van der Waals surface area contributed by atoms with Crippen LogP contribution in [0.3, 0.4) is 0 Å². The average Bonchev–Trinajstić information content (AvgIpc) is 2.41. The molecule has 98 valence electrons. The van der Waals surface area contributed by atoms with Gasteiger partial charge >= 0.3 is 0 Å². The highest BCUT2D eigenvalue weighted by Crippen LogP contribution is 2.12. The van der Waals surface area contributed by atoms with E-state index in [0.717, 1.165) is 5.56 Å². The number of morpholine rings is 1. The van der Waals surface area contributed by atoms with Crippen LogP contribution in [0.15, 0.2) is 24.3 Å². The van der Waals surface area contributed by atoms with Crippen molar-refractivity contribution in [2.75, 3.05) is 26.2 Å². The lowest BCUT2D eigenvalue weighted by Crippen LogP contribution is -2.48. The molecule has 0 bridgehead atoms. The fourth-order valence-corrected chi connectivity index (χ4v) is 2.10. The van der Waals surface area contributed by atoms with Crippen LogP contribution in [0.25, 0.3) is 0 Å². The standard InChI is InChI=1S/C13H17ClN2O2/c14-11-3-1-10(2-4-11)7-13(17)16-5-6-18-12(8-15)9-16/h1-4,12H,5-9,15H2. The van der Waals surface area contributed by atoms with E-state index in [2.05, 4.69) is 0 Å². The number of amides is 1. The van der Waals surface area contributed by atoms with Gasteiger partial charge in [-0.15, -0.1) is 0 Å². The van der Waals surface area contributed by atoms with Crippen molar-refractivity contribution in [3.8, 4) is 0 Å². The van der Waals surface area contributed by atoms with E-state index in [1.54, 1.807) is 12.1 Å². The highest BCUT2D eigenvalue weighted by Gasteiger charge is 2.23. The van der Waals surface area contributed by atoms with Crippen LogP contribution in [0.4, 0.5) is 0 Å². The molecule has 0 saturated carbocycles. The van der Waals surface area contributed by atoms with Crippen molar-refractivity contribution in [1.82, 2.24) is 4.90 Å². The third-order valence-electron chi connectivity index (χ3n) is 3.02. The third-order valence-corrected chi connectivity index (χ3v) is 3.27. The van der Waals surface area contributed by atoms with Crippen molar-refractivity contribution in [1.29, 1.82) is 0 Å². The van der Waals surface area contributed by atoms with Crippen LogP contribution in [-0.4, -0.2) is 43.2 Å². The summed E-state index contributed by atoms with van der Waals surface area (Å²) in [6.45, 7) is 2.24. The first-order valence-corrected chi connectivity index (χ1v) is 6.40. The van der Waals surface area contributed by atoms with Gasteiger partial charge in [0.2, 0.25) is 5.91 Å². The summed E-state index contributed by atoms with van der Waals surface area (Å²) in [5.74, 6) is 0.110. The lowest BCUT2D eigenvalue weighted by atomic mass is 10.1. The molecule has 1 fully saturated rings. The third kappa shape index (κ3) is 3.45. The fourth-order valence-electron chi connectivity index (χ4n) is 1.98. The normalized spacial score (nSPS) is 19.9. The molecule has 0 radical (unpaired) electrons. The van der Waals surface area contributed by atoms with E-state index >= 15 is 0 Å². The van der Waals surface area contributed by atoms with E-state index in [9.17, 15) is 4.79 Å². The van der Waals surface area contributed by atoms with Crippen molar-refractivity contribution in [3.63, 3.8) is 0 Å². The van der Waals surface area contributed by atoms with E-state index in [0.29, 0.717) is 37.7 Å². The number of rotatable bonds is 3. The topological polar surface area (TPSA) is 55.6 Å². The highest BCUT2D eigenvalue weighted by atomic mass is 35.5. The van der Waals surface area contributed by atoms with Gasteiger partial charge in [0.25, 0.3) is 0 Å². The summed E-state index contributed by atoms with van der Waals surface area (Å²) in [5, 5.41) is 0.681. The van der Waals surface area contributed by atoms with Gasteiger partial charge in [0, 0.05) is 24.7 Å². The molecule has 1 amide bonds. The van der Waals surface area contributed by atoms with Gasteiger partial charge in [-0.25, -0.2) is 0 Å². The van der Waals surface area contributed by atoms with Gasteiger partial charge in [-0.3, -0.25) is 4.79 Å². The molecule has 4 nitrogen and oxygen atoms in total. The van der Waals surface area contributed by atoms with Gasteiger partial charge in [-0.2, -0.15) is 0 Å². The Balaban J connectivity index is 1.93. The molecule has 1 aromatic rings. The summed E-state index contributed by atoms with van der Waals surface area (Å²) in [5.41, 5.74) is 6.53. The fraction of sp³-hybridized carbons (Fsp3) is 0.462. The first-order chi connectivity index (χ1) is 8.69. The van der Waals surface area contributed by atoms with Gasteiger partial charge in [0.15, 0.2) is 0 Å². The minimum absolute atomic E-state index is 0.0343. The lowest BCUT2D eigenvalue weighted by molar-refractivity contribution is -0.137. The average molecular weight is 269 g/mol. The minimum atomic E-state index is -0.0343. The Labute approximate surface area is 112 Å². The lowest BCUT2D eigenvalue weighted by Gasteiger charge is -2.32. The molecule has 0 aromatic heterocycles. The Kier molecular flexibility index (Phi) is 4.58. The molecule has 2 rings (SSSR count). The maximum Gasteiger partial charge on any atom is 0.227 e. The molecule has 1 aliphatic heterocycles. The second kappa shape index (κ2) is 6.18. The maximum atomic E-state index is 12.1. The molecule has 5 heteroatoms. The van der Waals surface area contributed by atoms with Crippen LogP contribution in [0.1, 0.15) is 5.56 Å². The number of nitrogens with two attached hydrogens (primary N) is 1. The van der Waals surface area contributed by atoms with Crippen LogP contribution in [0, 0.1) is 0 Å². The van der Waals surface area contributed by atoms with Crippen molar-refractivity contribution < 1.29 is 9.53 Å². The molecule has 1 aromatic carbocycles. The number of hydrogen-bond acceptors (Lipinski definition) is 3. The van der Waals surface area contributed by atoms with Crippen LogP contribution in [-0.2, 0) is 16.0 Å². The number of hydrogen-bond donors (Lipinski definition) is 1. The van der Waals surface area contributed by atoms with Crippen molar-refractivity contribution in [3.05, 3.63) is 34.9 Å². The van der Waals surface area contributed by atoms with Crippen molar-refractivity contribution in [2.24, 2.45) is 5.73 Å². The van der Waals surface area contributed by atoms with E-state index in [4.69, 9.17) is 22.1 Å². The highest BCUT2D eigenvalue weighted by molar-refractivity contribution is 6.30. The summed E-state index contributed by atoms with van der Waals surface area (Å²) in [4.78, 5) is 13.9. The molecule has 2 N–H and O–H groups in total. The summed E-state index contributed by atoms with van der Waals surface area (Å²) < 4.78 is 5.44. The quantitative estimate of drug-likeness (QED) is 0.892. The largest absolute Gasteiger partial charge is 0.373 e. The summed E-state index contributed by atoms with van der Waals surface area (Å²) >= 11 is 5.81. The van der Waals surface area contributed by atoms with Gasteiger partial charge in [-0.05, 0) is 17.7 Å². The van der Waals surface area contributed by atoms with Gasteiger partial charge < -0.3 is 15.4 Å². The zero-order valence-electron chi connectivity index (χ0n) is 10.1. The molecular formula is C13H17ClN2O2. The molecule has 1 unspecified atom stereocenters. The number of carbonyl (C=O) groups is 1. The maximum absolute atomic E-state index is 12.1. The van der Waals surface area contributed by atoms with Crippen molar-refractivity contribution >= 4 is 17.5 Å². The Hall–Kier alpha value is -1.10. The Morgan fingerprint density at radius 2 is 2.17 bits per heavy atom. The van der Waals surface area contributed by atoms with Crippen molar-refractivity contribution in [2.45, 2.75) is 12.5 Å². The first kappa shape index (κ1) is 13.3. The molecule has 1 atom stereocenters. The van der Waals surface area contributed by atoms with Crippen LogP contribution >= 0.6 is 11.6 Å². The predicted molar refractivity (Wildman–Crippen MR) is 70.5 cm³/mol. The second-order valence-corrected chi connectivity index (χ2v) is 4.81. The van der Waals surface area contributed by atoms with E-state index in [1.165, 1.54) is 0 Å². The number of nitrogens with zero attached hydrogens (tertiary/aromatic N) is 1. The smallest absolute Gasteiger partial charge is 0.227 e. The summed E-state index contributed by atoms with van der Waals surface area (Å²) in [7, 11) is 0. The monoisotopic (exact) mass is 268 g/mol. The van der Waals surface area contributed by atoms with Gasteiger partial charge in [0.1, 0.15) is 0 Å². The number of halogens is 1. The zero-order valence-corrected chi connectivity index (χ0v) is 10.9. The van der Waals surface area contributed by atoms with E-state index in [-0.39, 0.29) is 12.0 Å². The van der Waals surface area contributed by atoms with Gasteiger partial charge in [-0.1, -0.05) is 23.7 Å². The molecule has 1 aliphatic rings. The van der Waals surface area contributed by atoms with Crippen LogP contribution in [0.5, 0.6) is 0 Å². The first-order valence-electron chi connectivity index (χ1n) is 6.03. The second-order valence-electron chi connectivity index (χ2n) is 4.37. The Bertz CT molecular complexity index is 408. The molecule has 1 saturated heterocycles. The SMILES string of the molecule is NCC1CN(C(=O)Cc2ccc(Cl)cc2)CCO1. The van der Waals surface area contributed by atoms with Gasteiger partial charge in [0.05, 0.1) is 19.1 Å². The molecule has 0 spiro atoms. The Morgan fingerprint density at radius 1 is 1.44 bits per heavy atom. The molecule has 0 aliphatic carbocycles. The van der Waals surface area contributed by atoms with Crippen LogP contribution < -0.4 is 5.73 Å². The summed E-state index contributed by atoms with van der Waals surface area (Å²) in [6.07, 6.45) is 0.363. The van der Waals surface area contributed by atoms with E-state index < -0.39 is 0 Å². The minimum Gasteiger partial charge on any atom is -0.373 e.